The van der Waals surface area contributed by atoms with E-state index in [9.17, 15) is 0 Å². The SMILES string of the molecule is CCCCCC1CCC(c2ccc(-c3ccc(Sc4ccc(Sc5ccc(C(C)(C)C)cc5)c5c4C(=O)c4ccc(CCCC)c(Sc6ccc(C(C)(C)C)cc6)c4C5=O)cc3)cc2)CC1. The topological polar surface area (TPSA) is 34.1 Å². The van der Waals surface area contributed by atoms with E-state index in [1.807, 2.05) is 6.07 Å². The molecule has 0 radical (unpaired) electrons. The molecule has 0 N–H and O–H groups in total. The average molecular weight is 929 g/mol. The Morgan fingerprint density at radius 2 is 0.970 bits per heavy atom. The molecule has 0 heterocycles. The molecule has 0 unspecified atom stereocenters. The summed E-state index contributed by atoms with van der Waals surface area (Å²) < 4.78 is 0. The summed E-state index contributed by atoms with van der Waals surface area (Å²) >= 11 is 4.77. The third-order valence-corrected chi connectivity index (χ3v) is 17.2. The zero-order valence-corrected chi connectivity index (χ0v) is 43.0. The zero-order valence-electron chi connectivity index (χ0n) is 40.5. The third kappa shape index (κ3) is 11.0. The van der Waals surface area contributed by atoms with Crippen molar-refractivity contribution in [1.82, 2.24) is 0 Å². The molecule has 0 aromatic heterocycles. The molecule has 0 atom stereocenters. The van der Waals surface area contributed by atoms with Crippen LogP contribution in [-0.2, 0) is 17.3 Å². The molecule has 0 spiro atoms. The van der Waals surface area contributed by atoms with Gasteiger partial charge in [-0.25, -0.2) is 0 Å². The van der Waals surface area contributed by atoms with Crippen LogP contribution >= 0.6 is 35.3 Å². The summed E-state index contributed by atoms with van der Waals surface area (Å²) in [7, 11) is 0. The molecule has 0 amide bonds. The van der Waals surface area contributed by atoms with E-state index >= 15 is 9.59 Å². The Hall–Kier alpha value is -4.29. The molecule has 6 aromatic rings. The van der Waals surface area contributed by atoms with Crippen LogP contribution in [0.3, 0.4) is 0 Å². The van der Waals surface area contributed by atoms with Crippen LogP contribution in [0.5, 0.6) is 0 Å². The molecule has 6 aromatic carbocycles. The van der Waals surface area contributed by atoms with Crippen molar-refractivity contribution >= 4 is 46.9 Å². The first-order valence-electron chi connectivity index (χ1n) is 24.6. The maximum absolute atomic E-state index is 15.5. The molecule has 0 bridgehead atoms. The second-order valence-electron chi connectivity index (χ2n) is 20.8. The van der Waals surface area contributed by atoms with Gasteiger partial charge in [0.25, 0.3) is 0 Å². The second kappa shape index (κ2) is 20.9. The lowest BCUT2D eigenvalue weighted by molar-refractivity contribution is 0.0972. The van der Waals surface area contributed by atoms with Crippen LogP contribution < -0.4 is 0 Å². The Morgan fingerprint density at radius 1 is 0.485 bits per heavy atom. The van der Waals surface area contributed by atoms with Gasteiger partial charge in [0.15, 0.2) is 11.6 Å². The molecular weight excluding hydrogens is 861 g/mol. The Bertz CT molecular complexity index is 2640. The van der Waals surface area contributed by atoms with Crippen LogP contribution in [0.4, 0.5) is 0 Å². The summed E-state index contributed by atoms with van der Waals surface area (Å²) in [6.45, 7) is 17.8. The fourth-order valence-corrected chi connectivity index (χ4v) is 12.7. The molecule has 2 nitrogen and oxygen atoms in total. The zero-order chi connectivity index (χ0) is 46.6. The Morgan fingerprint density at radius 3 is 1.48 bits per heavy atom. The summed E-state index contributed by atoms with van der Waals surface area (Å²) in [5.74, 6) is 1.44. The number of hydrogen-bond acceptors (Lipinski definition) is 5. The van der Waals surface area contributed by atoms with Gasteiger partial charge in [0.1, 0.15) is 0 Å². The number of unbranched alkanes of at least 4 members (excludes halogenated alkanes) is 3. The highest BCUT2D eigenvalue weighted by Crippen LogP contribution is 2.47. The number of carbonyl (C=O) groups excluding carboxylic acids is 2. The summed E-state index contributed by atoms with van der Waals surface area (Å²) in [5, 5.41) is 0. The maximum atomic E-state index is 15.5. The minimum absolute atomic E-state index is 0.0269. The molecule has 2 aliphatic carbocycles. The molecule has 0 saturated heterocycles. The number of ketones is 2. The highest BCUT2D eigenvalue weighted by Gasteiger charge is 2.37. The molecule has 2 aliphatic rings. The quantitative estimate of drug-likeness (QED) is 0.0957. The van der Waals surface area contributed by atoms with Crippen LogP contribution in [0.15, 0.2) is 151 Å². The predicted octanol–water partition coefficient (Wildman–Crippen LogP) is 18.4. The summed E-state index contributed by atoms with van der Waals surface area (Å²) in [6.07, 6.45) is 13.7. The number of fused-ring (bicyclic) bond motifs is 2. The van der Waals surface area contributed by atoms with Gasteiger partial charge in [-0.15, -0.1) is 0 Å². The fraction of sp³-hybridized carbons (Fsp3) is 0.377. The monoisotopic (exact) mass is 928 g/mol. The molecule has 1 saturated carbocycles. The molecule has 1 fully saturated rings. The number of carbonyl (C=O) groups is 2. The summed E-state index contributed by atoms with van der Waals surface area (Å²) in [6, 6.07) is 43.5. The van der Waals surface area contributed by atoms with E-state index in [4.69, 9.17) is 0 Å². The number of rotatable bonds is 15. The van der Waals surface area contributed by atoms with E-state index < -0.39 is 0 Å². The largest absolute Gasteiger partial charge is 0.289 e. The summed E-state index contributed by atoms with van der Waals surface area (Å²) in [4.78, 5) is 36.3. The van der Waals surface area contributed by atoms with Crippen LogP contribution in [0, 0.1) is 5.92 Å². The number of benzene rings is 6. The van der Waals surface area contributed by atoms with Crippen molar-refractivity contribution in [1.29, 1.82) is 0 Å². The van der Waals surface area contributed by atoms with E-state index in [1.54, 1.807) is 35.3 Å². The van der Waals surface area contributed by atoms with E-state index in [0.29, 0.717) is 28.2 Å². The van der Waals surface area contributed by atoms with E-state index in [-0.39, 0.29) is 22.4 Å². The van der Waals surface area contributed by atoms with Crippen LogP contribution in [0.2, 0.25) is 0 Å². The van der Waals surface area contributed by atoms with E-state index in [1.165, 1.54) is 79.2 Å². The van der Waals surface area contributed by atoms with Crippen LogP contribution in [-0.4, -0.2) is 11.6 Å². The first-order chi connectivity index (χ1) is 31.7. The van der Waals surface area contributed by atoms with Gasteiger partial charge in [-0.2, -0.15) is 0 Å². The van der Waals surface area contributed by atoms with Gasteiger partial charge in [-0.1, -0.05) is 190 Å². The van der Waals surface area contributed by atoms with Gasteiger partial charge in [0.2, 0.25) is 0 Å². The molecule has 342 valence electrons. The standard InChI is InChI=1S/C61H68O2S3/c1-9-11-13-14-40-16-18-41(19-17-40)42-20-22-43(23-21-42)44-24-31-48(32-25-44)64-52-38-39-53(65-49-33-27-46(28-34-49)60(3,4)5)56-55(52)57(62)51-37-26-45(15-12-10-2)59(54(51)58(56)63)66-50-35-29-47(30-36-50)61(6,7)8/h20-41H,9-19H2,1-8H3. The van der Waals surface area contributed by atoms with Gasteiger partial charge in [0, 0.05) is 51.6 Å². The molecular formula is C61H68O2S3. The average Bonchev–Trinajstić information content (AvgIpc) is 3.31. The molecule has 5 heteroatoms. The normalized spacial score (nSPS) is 16.3. The smallest absolute Gasteiger partial charge is 0.196 e. The number of hydrogen-bond donors (Lipinski definition) is 0. The van der Waals surface area contributed by atoms with Crippen molar-refractivity contribution in [3.8, 4) is 11.1 Å². The first-order valence-corrected chi connectivity index (χ1v) is 27.0. The van der Waals surface area contributed by atoms with E-state index in [2.05, 4.69) is 171 Å². The lowest BCUT2D eigenvalue weighted by Crippen LogP contribution is -2.24. The Labute approximate surface area is 409 Å². The van der Waals surface area contributed by atoms with Crippen molar-refractivity contribution in [2.24, 2.45) is 5.92 Å². The third-order valence-electron chi connectivity index (χ3n) is 13.8. The van der Waals surface area contributed by atoms with Gasteiger partial charge in [-0.3, -0.25) is 9.59 Å². The minimum Gasteiger partial charge on any atom is -0.289 e. The van der Waals surface area contributed by atoms with Gasteiger partial charge < -0.3 is 0 Å². The van der Waals surface area contributed by atoms with Crippen molar-refractivity contribution in [3.63, 3.8) is 0 Å². The predicted molar refractivity (Wildman–Crippen MR) is 282 cm³/mol. The minimum atomic E-state index is -0.0821. The van der Waals surface area contributed by atoms with Crippen molar-refractivity contribution in [2.45, 2.75) is 172 Å². The second-order valence-corrected chi connectivity index (χ2v) is 24.1. The molecule has 66 heavy (non-hydrogen) atoms. The Balaban J connectivity index is 1.10. The molecule has 0 aliphatic heterocycles. The van der Waals surface area contributed by atoms with Gasteiger partial charge in [0.05, 0.1) is 0 Å². The summed E-state index contributed by atoms with van der Waals surface area (Å²) in [5.41, 5.74) is 9.64. The van der Waals surface area contributed by atoms with Crippen LogP contribution in [0.1, 0.15) is 180 Å². The lowest BCUT2D eigenvalue weighted by atomic mass is 9.77. The highest BCUT2D eigenvalue weighted by molar-refractivity contribution is 8.00. The van der Waals surface area contributed by atoms with Crippen molar-refractivity contribution in [2.75, 3.05) is 0 Å². The highest BCUT2D eigenvalue weighted by atomic mass is 32.2. The van der Waals surface area contributed by atoms with Crippen LogP contribution in [0.25, 0.3) is 11.1 Å². The van der Waals surface area contributed by atoms with E-state index in [0.717, 1.165) is 60.1 Å². The van der Waals surface area contributed by atoms with Crippen molar-refractivity contribution < 1.29 is 9.59 Å². The fourth-order valence-electron chi connectivity index (χ4n) is 9.71. The maximum Gasteiger partial charge on any atom is 0.196 e. The van der Waals surface area contributed by atoms with Gasteiger partial charge in [-0.05, 0) is 149 Å². The van der Waals surface area contributed by atoms with Gasteiger partial charge >= 0.3 is 0 Å². The lowest BCUT2D eigenvalue weighted by Gasteiger charge is -2.29. The first kappa shape index (κ1) is 48.2. The molecule has 8 rings (SSSR count). The van der Waals surface area contributed by atoms with Crippen molar-refractivity contribution in [3.05, 3.63) is 166 Å². The number of aryl methyl sites for hydroxylation is 1. The Kier molecular flexibility index (Phi) is 15.3.